The number of rotatable bonds is 7. The van der Waals surface area contributed by atoms with Gasteiger partial charge in [0.05, 0.1) is 18.1 Å². The molecule has 1 fully saturated rings. The molecule has 2 aromatic carbocycles. The van der Waals surface area contributed by atoms with E-state index in [0.29, 0.717) is 6.54 Å². The minimum Gasteiger partial charge on any atom is -0.348 e. The molecule has 0 radical (unpaired) electrons. The summed E-state index contributed by atoms with van der Waals surface area (Å²) in [4.78, 5) is 13.9. The molecule has 150 valence electrons. The van der Waals surface area contributed by atoms with Crippen LogP contribution in [0.2, 0.25) is 5.02 Å². The smallest absolute Gasteiger partial charge is 0.251 e. The van der Waals surface area contributed by atoms with Crippen LogP contribution in [0.1, 0.15) is 34.3 Å². The summed E-state index contributed by atoms with van der Waals surface area (Å²) in [5.41, 5.74) is 2.53. The molecular weight excluding hydrogens is 398 g/mol. The standard InChI is InChI=1S/C20H24ClN3O3S/c1-22-28(26,27)19-12-17(8-9-18(19)21)20(25)23-13-15-4-6-16(7-5-15)14-24-10-2-3-11-24/h4-9,12,22H,2-3,10-11,13-14H2,1H3,(H,23,25)/p+1. The van der Waals surface area contributed by atoms with Crippen molar-refractivity contribution in [2.75, 3.05) is 20.1 Å². The molecule has 1 heterocycles. The van der Waals surface area contributed by atoms with Gasteiger partial charge in [-0.15, -0.1) is 0 Å². The summed E-state index contributed by atoms with van der Waals surface area (Å²) in [5, 5.41) is 2.89. The first kappa shape index (κ1) is 20.8. The molecule has 0 aliphatic carbocycles. The van der Waals surface area contributed by atoms with Gasteiger partial charge in [-0.1, -0.05) is 35.9 Å². The third kappa shape index (κ3) is 5.11. The van der Waals surface area contributed by atoms with E-state index in [9.17, 15) is 13.2 Å². The number of likely N-dealkylation sites (tertiary alicyclic amines) is 1. The normalized spacial score (nSPS) is 14.9. The second kappa shape index (κ2) is 9.05. The number of hydrogen-bond acceptors (Lipinski definition) is 3. The van der Waals surface area contributed by atoms with Crippen LogP contribution in [0.25, 0.3) is 0 Å². The summed E-state index contributed by atoms with van der Waals surface area (Å²) in [6.07, 6.45) is 2.61. The molecule has 3 N–H and O–H groups in total. The number of quaternary nitrogens is 1. The van der Waals surface area contributed by atoms with E-state index in [4.69, 9.17) is 11.6 Å². The Kier molecular flexibility index (Phi) is 6.72. The van der Waals surface area contributed by atoms with Gasteiger partial charge in [0.1, 0.15) is 11.4 Å². The molecule has 0 spiro atoms. The van der Waals surface area contributed by atoms with Gasteiger partial charge in [-0.05, 0) is 30.8 Å². The van der Waals surface area contributed by atoms with E-state index >= 15 is 0 Å². The Morgan fingerprint density at radius 2 is 1.71 bits per heavy atom. The molecule has 3 rings (SSSR count). The van der Waals surface area contributed by atoms with Gasteiger partial charge in [-0.2, -0.15) is 0 Å². The highest BCUT2D eigenvalue weighted by Gasteiger charge is 2.19. The van der Waals surface area contributed by atoms with E-state index in [1.165, 1.54) is 56.7 Å². The monoisotopic (exact) mass is 422 g/mol. The fourth-order valence-corrected chi connectivity index (χ4v) is 4.61. The van der Waals surface area contributed by atoms with Gasteiger partial charge in [-0.25, -0.2) is 13.1 Å². The van der Waals surface area contributed by atoms with Crippen LogP contribution in [0.15, 0.2) is 47.4 Å². The Labute approximate surface area is 170 Å². The third-order valence-electron chi connectivity index (χ3n) is 4.99. The Morgan fingerprint density at radius 1 is 1.07 bits per heavy atom. The van der Waals surface area contributed by atoms with Crippen molar-refractivity contribution in [1.82, 2.24) is 10.0 Å². The van der Waals surface area contributed by atoms with E-state index in [1.54, 1.807) is 4.90 Å². The van der Waals surface area contributed by atoms with E-state index in [1.807, 2.05) is 12.1 Å². The lowest BCUT2D eigenvalue weighted by Gasteiger charge is -2.12. The van der Waals surface area contributed by atoms with Crippen LogP contribution in [0.5, 0.6) is 0 Å². The number of hydrogen-bond donors (Lipinski definition) is 3. The highest BCUT2D eigenvalue weighted by molar-refractivity contribution is 7.89. The minimum atomic E-state index is -3.73. The lowest BCUT2D eigenvalue weighted by molar-refractivity contribution is -0.901. The zero-order valence-electron chi connectivity index (χ0n) is 15.8. The first-order chi connectivity index (χ1) is 13.4. The number of carbonyl (C=O) groups is 1. The second-order valence-corrected chi connectivity index (χ2v) is 9.25. The number of nitrogens with one attached hydrogen (secondary N) is 3. The van der Waals surface area contributed by atoms with Crippen LogP contribution in [0.4, 0.5) is 0 Å². The van der Waals surface area contributed by atoms with E-state index in [0.717, 1.165) is 12.1 Å². The quantitative estimate of drug-likeness (QED) is 0.630. The van der Waals surface area contributed by atoms with Crippen molar-refractivity contribution in [1.29, 1.82) is 0 Å². The molecule has 0 aromatic heterocycles. The van der Waals surface area contributed by atoms with Gasteiger partial charge >= 0.3 is 0 Å². The number of carbonyl (C=O) groups excluding carboxylic acids is 1. The van der Waals surface area contributed by atoms with E-state index in [-0.39, 0.29) is 21.4 Å². The Hall–Kier alpha value is -1.93. The Bertz CT molecular complexity index is 940. The number of benzene rings is 2. The maximum atomic E-state index is 12.4. The van der Waals surface area contributed by atoms with Crippen LogP contribution in [0, 0.1) is 0 Å². The lowest BCUT2D eigenvalue weighted by Crippen LogP contribution is -3.08. The van der Waals surface area contributed by atoms with Crippen molar-refractivity contribution in [2.45, 2.75) is 30.8 Å². The van der Waals surface area contributed by atoms with Crippen molar-refractivity contribution in [3.05, 3.63) is 64.2 Å². The number of amides is 1. The highest BCUT2D eigenvalue weighted by Crippen LogP contribution is 2.22. The topological polar surface area (TPSA) is 79.7 Å². The van der Waals surface area contributed by atoms with Crippen molar-refractivity contribution < 1.29 is 18.1 Å². The molecule has 8 heteroatoms. The Morgan fingerprint density at radius 3 is 2.36 bits per heavy atom. The predicted molar refractivity (Wildman–Crippen MR) is 109 cm³/mol. The summed E-state index contributed by atoms with van der Waals surface area (Å²) in [7, 11) is -2.43. The fraction of sp³-hybridized carbons (Fsp3) is 0.350. The van der Waals surface area contributed by atoms with Crippen molar-refractivity contribution in [3.8, 4) is 0 Å². The second-order valence-electron chi connectivity index (χ2n) is 6.99. The molecule has 1 aliphatic heterocycles. The average molecular weight is 423 g/mol. The van der Waals surface area contributed by atoms with Gasteiger partial charge < -0.3 is 10.2 Å². The van der Waals surface area contributed by atoms with Crippen molar-refractivity contribution in [3.63, 3.8) is 0 Å². The van der Waals surface area contributed by atoms with Gasteiger partial charge in [0.25, 0.3) is 5.91 Å². The fourth-order valence-electron chi connectivity index (χ4n) is 3.36. The van der Waals surface area contributed by atoms with Gasteiger partial charge in [0, 0.05) is 30.5 Å². The van der Waals surface area contributed by atoms with Crippen molar-refractivity contribution >= 4 is 27.5 Å². The summed E-state index contributed by atoms with van der Waals surface area (Å²) in [6.45, 7) is 3.89. The van der Waals surface area contributed by atoms with Crippen LogP contribution in [-0.2, 0) is 23.1 Å². The molecule has 0 bridgehead atoms. The third-order valence-corrected chi connectivity index (χ3v) is 6.89. The minimum absolute atomic E-state index is 0.0709. The Balaban J connectivity index is 1.61. The SMILES string of the molecule is CNS(=O)(=O)c1cc(C(=O)NCc2ccc(C[NH+]3CCCC3)cc2)ccc1Cl. The molecular formula is C20H25ClN3O3S+. The summed E-state index contributed by atoms with van der Waals surface area (Å²) < 4.78 is 26.2. The zero-order valence-corrected chi connectivity index (χ0v) is 17.4. The molecule has 0 atom stereocenters. The summed E-state index contributed by atoms with van der Waals surface area (Å²) in [6, 6.07) is 12.4. The van der Waals surface area contributed by atoms with Crippen LogP contribution in [0.3, 0.4) is 0 Å². The molecule has 1 saturated heterocycles. The maximum absolute atomic E-state index is 12.4. The summed E-state index contributed by atoms with van der Waals surface area (Å²) >= 11 is 5.96. The molecule has 1 amide bonds. The van der Waals surface area contributed by atoms with Gasteiger partial charge in [0.2, 0.25) is 10.0 Å². The van der Waals surface area contributed by atoms with Gasteiger partial charge in [0.15, 0.2) is 0 Å². The number of sulfonamides is 1. The van der Waals surface area contributed by atoms with E-state index in [2.05, 4.69) is 22.2 Å². The van der Waals surface area contributed by atoms with E-state index < -0.39 is 10.0 Å². The molecule has 1 aliphatic rings. The average Bonchev–Trinajstić information content (AvgIpc) is 3.20. The predicted octanol–water partition coefficient (Wildman–Crippen LogP) is 1.36. The first-order valence-corrected chi connectivity index (χ1v) is 11.2. The first-order valence-electron chi connectivity index (χ1n) is 9.32. The molecule has 2 aromatic rings. The largest absolute Gasteiger partial charge is 0.348 e. The van der Waals surface area contributed by atoms with Gasteiger partial charge in [-0.3, -0.25) is 4.79 Å². The van der Waals surface area contributed by atoms with Crippen LogP contribution < -0.4 is 14.9 Å². The molecule has 0 unspecified atom stereocenters. The molecule has 0 saturated carbocycles. The highest BCUT2D eigenvalue weighted by atomic mass is 35.5. The molecule has 6 nitrogen and oxygen atoms in total. The van der Waals surface area contributed by atoms with Crippen LogP contribution in [-0.4, -0.2) is 34.5 Å². The lowest BCUT2D eigenvalue weighted by atomic mass is 10.1. The van der Waals surface area contributed by atoms with Crippen molar-refractivity contribution in [2.24, 2.45) is 0 Å². The number of halogens is 1. The molecule has 28 heavy (non-hydrogen) atoms. The zero-order chi connectivity index (χ0) is 20.1. The maximum Gasteiger partial charge on any atom is 0.251 e. The van der Waals surface area contributed by atoms with Crippen LogP contribution >= 0.6 is 11.6 Å². The summed E-state index contributed by atoms with van der Waals surface area (Å²) in [5.74, 6) is -0.352.